The Bertz CT molecular complexity index is 484. The lowest BCUT2D eigenvalue weighted by molar-refractivity contribution is -0.116. The maximum Gasteiger partial charge on any atom is 0.244 e. The highest BCUT2D eigenvalue weighted by molar-refractivity contribution is 6.42. The van der Waals surface area contributed by atoms with Gasteiger partial charge in [0.25, 0.3) is 0 Å². The number of aliphatic hydroxyl groups is 1. The molecule has 1 aromatic carbocycles. The number of amides is 1. The number of aliphatic hydroxyl groups excluding tert-OH is 1. The van der Waals surface area contributed by atoms with Crippen LogP contribution < -0.4 is 5.32 Å². The van der Waals surface area contributed by atoms with Crippen LogP contribution in [0.2, 0.25) is 10.0 Å². The minimum Gasteiger partial charge on any atom is -0.396 e. The van der Waals surface area contributed by atoms with Crippen molar-refractivity contribution in [3.63, 3.8) is 0 Å². The number of carbonyl (C=O) groups excluding carboxylic acids is 1. The van der Waals surface area contributed by atoms with Gasteiger partial charge in [-0.2, -0.15) is 0 Å². The summed E-state index contributed by atoms with van der Waals surface area (Å²) < 4.78 is 0. The third kappa shape index (κ3) is 5.23. The van der Waals surface area contributed by atoms with Crippen LogP contribution >= 0.6 is 23.2 Å². The molecular weight excluding hydrogens is 285 g/mol. The van der Waals surface area contributed by atoms with E-state index in [1.165, 1.54) is 6.08 Å². The van der Waals surface area contributed by atoms with E-state index < -0.39 is 0 Å². The van der Waals surface area contributed by atoms with Crippen LogP contribution in [0.5, 0.6) is 0 Å². The summed E-state index contributed by atoms with van der Waals surface area (Å²) in [5.74, 6) is -0.238. The summed E-state index contributed by atoms with van der Waals surface area (Å²) >= 11 is 11.9. The quantitative estimate of drug-likeness (QED) is 0.821. The van der Waals surface area contributed by atoms with Gasteiger partial charge in [0.1, 0.15) is 0 Å². The van der Waals surface area contributed by atoms with Crippen LogP contribution in [0.3, 0.4) is 0 Å². The molecule has 0 saturated carbocycles. The summed E-state index contributed by atoms with van der Waals surface area (Å²) in [6, 6.07) is 5.22. The second-order valence-electron chi connectivity index (χ2n) is 5.02. The van der Waals surface area contributed by atoms with Crippen LogP contribution in [0.4, 0.5) is 0 Å². The fourth-order valence-electron chi connectivity index (χ4n) is 1.26. The van der Waals surface area contributed by atoms with Crippen molar-refractivity contribution in [3.05, 3.63) is 39.9 Å². The zero-order valence-corrected chi connectivity index (χ0v) is 12.4. The molecule has 0 bridgehead atoms. The first-order chi connectivity index (χ1) is 8.85. The van der Waals surface area contributed by atoms with Crippen molar-refractivity contribution in [1.29, 1.82) is 0 Å². The van der Waals surface area contributed by atoms with Crippen LogP contribution in [-0.4, -0.2) is 24.2 Å². The molecule has 1 aromatic rings. The molecule has 0 unspecified atom stereocenters. The first kappa shape index (κ1) is 16.0. The van der Waals surface area contributed by atoms with Gasteiger partial charge in [-0.3, -0.25) is 4.79 Å². The third-order valence-electron chi connectivity index (χ3n) is 2.56. The van der Waals surface area contributed by atoms with Crippen LogP contribution in [0.1, 0.15) is 19.4 Å². The number of hydrogen-bond acceptors (Lipinski definition) is 2. The molecule has 0 aliphatic carbocycles. The predicted molar refractivity (Wildman–Crippen MR) is 79.4 cm³/mol. The van der Waals surface area contributed by atoms with Crippen molar-refractivity contribution in [2.75, 3.05) is 13.2 Å². The van der Waals surface area contributed by atoms with Gasteiger partial charge in [-0.15, -0.1) is 0 Å². The average molecular weight is 302 g/mol. The Morgan fingerprint density at radius 2 is 2.11 bits per heavy atom. The summed E-state index contributed by atoms with van der Waals surface area (Å²) in [6.45, 7) is 4.14. The van der Waals surface area contributed by atoms with Gasteiger partial charge in [0.2, 0.25) is 5.91 Å². The third-order valence-corrected chi connectivity index (χ3v) is 3.40. The van der Waals surface area contributed by atoms with Gasteiger partial charge in [0.15, 0.2) is 0 Å². The Balaban J connectivity index is 2.62. The fourth-order valence-corrected chi connectivity index (χ4v) is 1.63. The highest BCUT2D eigenvalue weighted by Gasteiger charge is 2.16. The number of hydrogen-bond donors (Lipinski definition) is 2. The molecule has 0 aliphatic rings. The molecule has 0 aliphatic heterocycles. The summed E-state index contributed by atoms with van der Waals surface area (Å²) in [4.78, 5) is 11.6. The second kappa shape index (κ2) is 6.94. The van der Waals surface area contributed by atoms with Gasteiger partial charge in [0.05, 0.1) is 10.0 Å². The molecule has 0 spiro atoms. The molecule has 3 nitrogen and oxygen atoms in total. The molecule has 5 heteroatoms. The fraction of sp³-hybridized carbons (Fsp3) is 0.357. The van der Waals surface area contributed by atoms with E-state index in [0.717, 1.165) is 0 Å². The molecule has 19 heavy (non-hydrogen) atoms. The van der Waals surface area contributed by atoms with E-state index in [9.17, 15) is 4.79 Å². The monoisotopic (exact) mass is 301 g/mol. The average Bonchev–Trinajstić information content (AvgIpc) is 2.38. The van der Waals surface area contributed by atoms with Gasteiger partial charge in [-0.05, 0) is 17.7 Å². The topological polar surface area (TPSA) is 49.3 Å². The normalized spacial score (nSPS) is 11.8. The van der Waals surface area contributed by atoms with E-state index in [4.69, 9.17) is 28.3 Å². The molecule has 0 heterocycles. The van der Waals surface area contributed by atoms with Gasteiger partial charge >= 0.3 is 0 Å². The van der Waals surface area contributed by atoms with Crippen molar-refractivity contribution in [2.45, 2.75) is 13.8 Å². The SMILES string of the molecule is CC(C)(CO)CNC(=O)/C=C/c1cccc(Cl)c1Cl. The highest BCUT2D eigenvalue weighted by Crippen LogP contribution is 2.26. The zero-order chi connectivity index (χ0) is 14.5. The van der Waals surface area contributed by atoms with Crippen LogP contribution in [0, 0.1) is 5.41 Å². The Kier molecular flexibility index (Phi) is 5.85. The largest absolute Gasteiger partial charge is 0.396 e. The van der Waals surface area contributed by atoms with Crippen molar-refractivity contribution in [1.82, 2.24) is 5.32 Å². The summed E-state index contributed by atoms with van der Waals surface area (Å²) in [5.41, 5.74) is 0.350. The summed E-state index contributed by atoms with van der Waals surface area (Å²) in [7, 11) is 0. The Morgan fingerprint density at radius 1 is 1.42 bits per heavy atom. The van der Waals surface area contributed by atoms with E-state index in [2.05, 4.69) is 5.32 Å². The zero-order valence-electron chi connectivity index (χ0n) is 10.9. The minimum absolute atomic E-state index is 0.0110. The maximum atomic E-state index is 11.6. The van der Waals surface area contributed by atoms with Gasteiger partial charge in [0, 0.05) is 24.6 Å². The minimum atomic E-state index is -0.336. The molecule has 0 fully saturated rings. The van der Waals surface area contributed by atoms with Crippen LogP contribution in [-0.2, 0) is 4.79 Å². The number of halogens is 2. The summed E-state index contributed by atoms with van der Waals surface area (Å²) in [5, 5.41) is 12.7. The van der Waals surface area contributed by atoms with Gasteiger partial charge < -0.3 is 10.4 Å². The second-order valence-corrected chi connectivity index (χ2v) is 5.80. The molecule has 0 saturated heterocycles. The highest BCUT2D eigenvalue weighted by atomic mass is 35.5. The van der Waals surface area contributed by atoms with Crippen molar-refractivity contribution in [3.8, 4) is 0 Å². The molecular formula is C14H17Cl2NO2. The van der Waals surface area contributed by atoms with Crippen LogP contribution in [0.15, 0.2) is 24.3 Å². The van der Waals surface area contributed by atoms with Crippen LogP contribution in [0.25, 0.3) is 6.08 Å². The molecule has 1 rings (SSSR count). The lowest BCUT2D eigenvalue weighted by Crippen LogP contribution is -2.35. The lowest BCUT2D eigenvalue weighted by atomic mass is 9.95. The predicted octanol–water partition coefficient (Wildman–Crippen LogP) is 3.14. The Morgan fingerprint density at radius 3 is 2.74 bits per heavy atom. The van der Waals surface area contributed by atoms with E-state index >= 15 is 0 Å². The lowest BCUT2D eigenvalue weighted by Gasteiger charge is -2.21. The van der Waals surface area contributed by atoms with Gasteiger partial charge in [-0.1, -0.05) is 49.2 Å². The Hall–Kier alpha value is -1.03. The van der Waals surface area contributed by atoms with Gasteiger partial charge in [-0.25, -0.2) is 0 Å². The number of rotatable bonds is 5. The molecule has 0 aromatic heterocycles. The smallest absolute Gasteiger partial charge is 0.244 e. The number of nitrogens with one attached hydrogen (secondary N) is 1. The maximum absolute atomic E-state index is 11.6. The van der Waals surface area contributed by atoms with E-state index in [-0.39, 0.29) is 17.9 Å². The van der Waals surface area contributed by atoms with Crippen molar-refractivity contribution >= 4 is 35.2 Å². The number of benzene rings is 1. The Labute approximate surface area is 123 Å². The molecule has 1 amide bonds. The van der Waals surface area contributed by atoms with E-state index in [0.29, 0.717) is 22.2 Å². The van der Waals surface area contributed by atoms with Crippen molar-refractivity contribution in [2.24, 2.45) is 5.41 Å². The molecule has 0 atom stereocenters. The standard InChI is InChI=1S/C14H17Cl2NO2/c1-14(2,9-18)8-17-12(19)7-6-10-4-3-5-11(15)13(10)16/h3-7,18H,8-9H2,1-2H3,(H,17,19)/b7-6+. The first-order valence-corrected chi connectivity index (χ1v) is 6.62. The summed E-state index contributed by atoms with van der Waals surface area (Å²) in [6.07, 6.45) is 3.00. The first-order valence-electron chi connectivity index (χ1n) is 5.86. The number of carbonyl (C=O) groups is 1. The molecule has 104 valence electrons. The van der Waals surface area contributed by atoms with E-state index in [1.807, 2.05) is 13.8 Å². The molecule has 0 radical (unpaired) electrons. The van der Waals surface area contributed by atoms with Crippen molar-refractivity contribution < 1.29 is 9.90 Å². The van der Waals surface area contributed by atoms with E-state index in [1.54, 1.807) is 24.3 Å². The molecule has 2 N–H and O–H groups in total.